The SMILES string of the molecule is C.CCC(=O)CC.CCC(=O)OC.CCN.CCN(C)C.CCNC.CCNC(C)=O.CCNS(C)(=O)=O.CCOC.CCOC(C)=O.CCS(=O)(=O)CC.CCSC.[2HH]. The Hall–Kier alpha value is -1.87. The number of nitrogens with zero attached hydrogens (tertiary/aromatic N) is 1. The maximum Gasteiger partial charge on any atom is 0.305 e. The Kier molecular flexibility index (Phi) is 125. The van der Waals surface area contributed by atoms with Gasteiger partial charge in [0, 0.05) is 72.8 Å². The second-order valence-electron chi connectivity index (χ2n) is 10.4. The third-order valence-electron chi connectivity index (χ3n) is 4.93. The van der Waals surface area contributed by atoms with E-state index in [-0.39, 0.29) is 38.2 Å². The molecule has 0 atom stereocenters. The summed E-state index contributed by atoms with van der Waals surface area (Å²) in [4.78, 5) is 42.0. The van der Waals surface area contributed by atoms with Gasteiger partial charge in [-0.1, -0.05) is 76.7 Å². The van der Waals surface area contributed by atoms with Crippen molar-refractivity contribution in [3.63, 3.8) is 0 Å². The van der Waals surface area contributed by atoms with E-state index in [4.69, 9.17) is 5.73 Å². The highest BCUT2D eigenvalue weighted by Gasteiger charge is 1.99. The molecule has 0 heterocycles. The number of amides is 1. The predicted octanol–water partition coefficient (Wildman–Crippen LogP) is 6.32. The van der Waals surface area contributed by atoms with Gasteiger partial charge >= 0.3 is 11.9 Å². The van der Waals surface area contributed by atoms with E-state index in [1.54, 1.807) is 41.7 Å². The lowest BCUT2D eigenvalue weighted by Gasteiger charge is -2.00. The first-order valence-electron chi connectivity index (χ1n) is 19.9. The monoisotopic (exact) mass is 927 g/mol. The van der Waals surface area contributed by atoms with Crippen molar-refractivity contribution in [2.24, 2.45) is 5.73 Å². The number of sulfonamides is 1. The van der Waals surface area contributed by atoms with Gasteiger partial charge in [-0.3, -0.25) is 19.2 Å². The van der Waals surface area contributed by atoms with Crippen LogP contribution < -0.4 is 21.1 Å². The highest BCUT2D eigenvalue weighted by Crippen LogP contribution is 1.85. The molecule has 0 aliphatic carbocycles. The van der Waals surface area contributed by atoms with Crippen LogP contribution in [0, 0.1) is 0 Å². The molecule has 0 rings (SSSR count). The maximum atomic E-state index is 10.4. The van der Waals surface area contributed by atoms with Crippen molar-refractivity contribution in [3.05, 3.63) is 0 Å². The summed E-state index contributed by atoms with van der Waals surface area (Å²) in [7, 11) is 3.52. The van der Waals surface area contributed by atoms with Gasteiger partial charge in [0.1, 0.15) is 15.6 Å². The van der Waals surface area contributed by atoms with Crippen LogP contribution in [0.2, 0.25) is 0 Å². The number of carbonyl (C=O) groups excluding carboxylic acids is 4. The lowest BCUT2D eigenvalue weighted by Crippen LogP contribution is -2.20. The minimum Gasteiger partial charge on any atom is -0.469 e. The summed E-state index contributed by atoms with van der Waals surface area (Å²) in [5, 5.41) is 5.50. The fourth-order valence-electron chi connectivity index (χ4n) is 1.31. The molecule has 0 aromatic heterocycles. The third-order valence-corrected chi connectivity index (χ3v) is 8.08. The van der Waals surface area contributed by atoms with Crippen molar-refractivity contribution in [1.29, 1.82) is 0 Å². The molecule has 1 amide bonds. The predicted molar refractivity (Wildman–Crippen MR) is 262 cm³/mol. The van der Waals surface area contributed by atoms with Crippen LogP contribution in [0.1, 0.15) is 132 Å². The van der Waals surface area contributed by atoms with E-state index in [0.29, 0.717) is 38.2 Å². The maximum absolute atomic E-state index is 10.4. The molecule has 0 fully saturated rings. The van der Waals surface area contributed by atoms with Crippen LogP contribution >= 0.6 is 11.8 Å². The zero-order valence-corrected chi connectivity index (χ0v) is 43.9. The quantitative estimate of drug-likeness (QED) is 0.148. The lowest BCUT2D eigenvalue weighted by molar-refractivity contribution is -0.141. The molecule has 0 aliphatic rings. The molecule has 59 heavy (non-hydrogen) atoms. The number of nitrogens with one attached hydrogen (secondary N) is 3. The van der Waals surface area contributed by atoms with E-state index >= 15 is 0 Å². The highest BCUT2D eigenvalue weighted by atomic mass is 32.2. The molecule has 0 aromatic rings. The first kappa shape index (κ1) is 88.4. The van der Waals surface area contributed by atoms with E-state index in [1.807, 2.05) is 53.4 Å². The molecule has 19 heteroatoms. The van der Waals surface area contributed by atoms with E-state index in [2.05, 4.69) is 75.6 Å². The Balaban J connectivity index is -0.0000000370. The molecule has 0 saturated heterocycles. The number of ketones is 1. The summed E-state index contributed by atoms with van der Waals surface area (Å²) in [5.41, 5.74) is 4.85. The molecule has 0 aromatic carbocycles. The first-order chi connectivity index (χ1) is 26.8. The van der Waals surface area contributed by atoms with E-state index in [1.165, 1.54) is 26.7 Å². The molecule has 0 aliphatic heterocycles. The van der Waals surface area contributed by atoms with Gasteiger partial charge in [0.15, 0.2) is 0 Å². The van der Waals surface area contributed by atoms with Crippen LogP contribution in [0.5, 0.6) is 0 Å². The van der Waals surface area contributed by atoms with Crippen molar-refractivity contribution >= 4 is 55.3 Å². The van der Waals surface area contributed by atoms with Crippen molar-refractivity contribution in [2.45, 2.75) is 131 Å². The second-order valence-corrected chi connectivity index (χ2v) is 16.1. The van der Waals surface area contributed by atoms with E-state index < -0.39 is 19.9 Å². The number of carbonyl (C=O) groups is 4. The Bertz CT molecular complexity index is 913. The van der Waals surface area contributed by atoms with E-state index in [9.17, 15) is 36.0 Å². The van der Waals surface area contributed by atoms with Gasteiger partial charge < -0.3 is 35.5 Å². The minimum absolute atomic E-state index is 0. The highest BCUT2D eigenvalue weighted by molar-refractivity contribution is 7.98. The molecular weight excluding hydrogens is 823 g/mol. The van der Waals surface area contributed by atoms with Crippen LogP contribution in [0.15, 0.2) is 0 Å². The Labute approximate surface area is 373 Å². The number of sulfone groups is 1. The van der Waals surface area contributed by atoms with Gasteiger partial charge in [0.25, 0.3) is 0 Å². The second kappa shape index (κ2) is 83.8. The number of thioether (sulfide) groups is 1. The Morgan fingerprint density at radius 1 is 0.729 bits per heavy atom. The van der Waals surface area contributed by atoms with Crippen LogP contribution in [0.3, 0.4) is 0 Å². The van der Waals surface area contributed by atoms with Crippen LogP contribution in [-0.4, -0.2) is 156 Å². The van der Waals surface area contributed by atoms with Crippen molar-refractivity contribution < 1.29 is 51.7 Å². The summed E-state index contributed by atoms with van der Waals surface area (Å²) in [6.07, 6.45) is 5.08. The van der Waals surface area contributed by atoms with Gasteiger partial charge in [-0.15, -0.1) is 0 Å². The standard InChI is InChI=1S/C5H10O.C4H9NO.C4H11N.C4H10O2S.2C4H8O2.C3H9NO2S.C3H9N.C3H8O.C3H8S.C2H7N.CH4.H2/c1-3-5(6)4-2;1-3-5-4(2)6;1-4-5(2)3;1-3-7(5,6)4-2;1-3-4(5)6-2;1-3-6-4(2)5;1-3-4-7(2,5)6;3*1-3-4-2;1-2-3;;/h3-4H2,1-2H3;3H2,1-2H3,(H,5,6);4H2,1-3H3;3-4H2,1-2H3;2*3H2,1-2H3;4H,3H2,1-2H3;4H,3H2,1-2H3;2*3H2,1-2H3;2-3H2,1H3;1H4;1H/i;;;;;;;;;;;;1+1. The lowest BCUT2D eigenvalue weighted by atomic mass is 10.3. The average Bonchev–Trinajstić information content (AvgIpc) is 3.18. The number of ether oxygens (including phenoxy) is 3. The number of hydrogen-bond acceptors (Lipinski definition) is 15. The van der Waals surface area contributed by atoms with Crippen LogP contribution in [0.25, 0.3) is 0 Å². The summed E-state index contributed by atoms with van der Waals surface area (Å²) in [5.74, 6) is 1.78. The van der Waals surface area contributed by atoms with Gasteiger partial charge in [-0.05, 0) is 73.6 Å². The first-order valence-corrected chi connectivity index (χ1v) is 25.0. The van der Waals surface area contributed by atoms with E-state index in [0.717, 1.165) is 39.0 Å². The molecule has 0 bridgehead atoms. The topological polar surface area (TPSA) is 230 Å². The van der Waals surface area contributed by atoms with Crippen molar-refractivity contribution in [3.8, 4) is 0 Å². The number of esters is 2. The summed E-state index contributed by atoms with van der Waals surface area (Å²) in [6.45, 7) is 32.8. The largest absolute Gasteiger partial charge is 0.469 e. The molecule has 372 valence electrons. The fraction of sp³-hybridized carbons (Fsp3) is 0.900. The minimum atomic E-state index is -2.92. The van der Waals surface area contributed by atoms with Gasteiger partial charge in [0.05, 0.1) is 20.0 Å². The number of nitrogens with two attached hydrogens (primary N) is 1. The smallest absolute Gasteiger partial charge is 0.305 e. The molecule has 0 spiro atoms. The Morgan fingerprint density at radius 2 is 1.07 bits per heavy atom. The van der Waals surface area contributed by atoms with Crippen LogP contribution in [0.4, 0.5) is 0 Å². The zero-order chi connectivity index (χ0) is 49.0. The third kappa shape index (κ3) is 223. The van der Waals surface area contributed by atoms with Gasteiger partial charge in [0.2, 0.25) is 15.9 Å². The fourth-order valence-corrected chi connectivity index (χ4v) is 2.25. The molecule has 5 N–H and O–H groups in total. The number of rotatable bonds is 13. The molecule has 0 unspecified atom stereocenters. The molecule has 0 saturated carbocycles. The molecule has 16 nitrogen and oxygen atoms in total. The normalized spacial score (nSPS) is 8.61. The number of Topliss-reactive ketones (excluding diaryl/α,β-unsaturated/α-hetero) is 1. The summed E-state index contributed by atoms with van der Waals surface area (Å²) >= 11 is 1.86. The molecule has 0 radical (unpaired) electrons. The van der Waals surface area contributed by atoms with Gasteiger partial charge in [-0.2, -0.15) is 11.8 Å². The summed E-state index contributed by atoms with van der Waals surface area (Å²) < 4.78 is 56.4. The van der Waals surface area contributed by atoms with Crippen LogP contribution in [-0.2, 0) is 53.2 Å². The number of hydrogen-bond donors (Lipinski definition) is 4. The zero-order valence-electron chi connectivity index (χ0n) is 41.4. The number of methoxy groups -OCH3 is 2. The van der Waals surface area contributed by atoms with Crippen molar-refractivity contribution in [2.75, 3.05) is 111 Å². The molecular formula is C40H103N5O11S3. The van der Waals surface area contributed by atoms with Crippen molar-refractivity contribution in [1.82, 2.24) is 20.3 Å². The Morgan fingerprint density at radius 3 is 1.07 bits per heavy atom. The van der Waals surface area contributed by atoms with Gasteiger partial charge in [-0.25, -0.2) is 21.6 Å². The summed E-state index contributed by atoms with van der Waals surface area (Å²) in [6, 6.07) is 0. The average molecular weight is 927 g/mol.